The first-order chi connectivity index (χ1) is 11.3. The molecule has 0 aliphatic carbocycles. The molecule has 1 aromatic carbocycles. The topological polar surface area (TPSA) is 73.8 Å². The average molecular weight is 352 g/mol. The van der Waals surface area contributed by atoms with Crippen molar-refractivity contribution in [3.63, 3.8) is 0 Å². The molecule has 0 unspecified atom stereocenters. The fraction of sp³-hybridized carbons (Fsp3) is 0.133. The van der Waals surface area contributed by atoms with E-state index < -0.39 is 17.6 Å². The van der Waals surface area contributed by atoms with Gasteiger partial charge in [0.25, 0.3) is 5.91 Å². The van der Waals surface area contributed by atoms with Crippen LogP contribution in [0.25, 0.3) is 11.3 Å². The molecule has 0 bridgehead atoms. The lowest BCUT2D eigenvalue weighted by molar-refractivity contribution is -0.137. The molecule has 3 aromatic rings. The van der Waals surface area contributed by atoms with Crippen molar-refractivity contribution < 1.29 is 18.0 Å². The number of primary amides is 1. The number of amides is 1. The Labute approximate surface area is 138 Å². The molecule has 9 heteroatoms. The predicted octanol–water partition coefficient (Wildman–Crippen LogP) is 3.17. The fourth-order valence-corrected chi connectivity index (χ4v) is 2.88. The van der Waals surface area contributed by atoms with E-state index in [-0.39, 0.29) is 5.56 Å². The number of halogens is 3. The third kappa shape index (κ3) is 3.46. The third-order valence-corrected chi connectivity index (χ3v) is 4.09. The van der Waals surface area contributed by atoms with Crippen molar-refractivity contribution in [2.24, 2.45) is 5.73 Å². The Balaban J connectivity index is 1.81. The largest absolute Gasteiger partial charge is 0.416 e. The highest BCUT2D eigenvalue weighted by atomic mass is 32.1. The number of carbonyl (C=O) groups is 1. The van der Waals surface area contributed by atoms with Gasteiger partial charge in [0.1, 0.15) is 5.01 Å². The van der Waals surface area contributed by atoms with Crippen LogP contribution in [0.4, 0.5) is 13.2 Å². The van der Waals surface area contributed by atoms with Crippen LogP contribution in [0, 0.1) is 0 Å². The van der Waals surface area contributed by atoms with Gasteiger partial charge in [-0.05, 0) is 12.1 Å². The molecule has 2 aromatic heterocycles. The van der Waals surface area contributed by atoms with Crippen LogP contribution in [0.15, 0.2) is 42.0 Å². The van der Waals surface area contributed by atoms with Gasteiger partial charge in [-0.1, -0.05) is 12.1 Å². The number of rotatable bonds is 4. The summed E-state index contributed by atoms with van der Waals surface area (Å²) >= 11 is 1.30. The highest BCUT2D eigenvalue weighted by molar-refractivity contribution is 7.09. The average Bonchev–Trinajstić information content (AvgIpc) is 3.16. The maximum atomic E-state index is 12.8. The van der Waals surface area contributed by atoms with Crippen LogP contribution in [-0.2, 0) is 12.7 Å². The molecule has 0 aliphatic heterocycles. The number of aromatic nitrogens is 3. The lowest BCUT2D eigenvalue weighted by Gasteiger charge is -2.07. The molecule has 0 atom stereocenters. The second-order valence-corrected chi connectivity index (χ2v) is 5.94. The Bertz CT molecular complexity index is 885. The van der Waals surface area contributed by atoms with Crippen molar-refractivity contribution in [1.29, 1.82) is 0 Å². The summed E-state index contributed by atoms with van der Waals surface area (Å²) < 4.78 is 39.8. The summed E-state index contributed by atoms with van der Waals surface area (Å²) in [6.45, 7) is 0.302. The van der Waals surface area contributed by atoms with Crippen molar-refractivity contribution in [2.75, 3.05) is 0 Å². The van der Waals surface area contributed by atoms with Crippen molar-refractivity contribution in [1.82, 2.24) is 14.8 Å². The molecule has 2 N–H and O–H groups in total. The highest BCUT2D eigenvalue weighted by Crippen LogP contribution is 2.32. The summed E-state index contributed by atoms with van der Waals surface area (Å²) in [5.41, 5.74) is 5.58. The van der Waals surface area contributed by atoms with Crippen LogP contribution >= 0.6 is 11.3 Å². The van der Waals surface area contributed by atoms with E-state index in [9.17, 15) is 18.0 Å². The van der Waals surface area contributed by atoms with E-state index in [1.165, 1.54) is 34.5 Å². The smallest absolute Gasteiger partial charge is 0.366 e. The molecular formula is C15H11F3N4OS. The second-order valence-electron chi connectivity index (χ2n) is 5.00. The van der Waals surface area contributed by atoms with Crippen molar-refractivity contribution in [2.45, 2.75) is 12.7 Å². The Morgan fingerprint density at radius 3 is 2.79 bits per heavy atom. The summed E-state index contributed by atoms with van der Waals surface area (Å²) in [5, 5.41) is 6.33. The highest BCUT2D eigenvalue weighted by Gasteiger charge is 2.30. The number of thiazole rings is 1. The molecule has 0 saturated carbocycles. The molecule has 2 heterocycles. The normalized spacial score (nSPS) is 11.6. The SMILES string of the molecule is NC(=O)c1cnn(Cc2nc(-c3cccc(C(F)(F)F)c3)cs2)c1. The first-order valence-electron chi connectivity index (χ1n) is 6.77. The lowest BCUT2D eigenvalue weighted by Crippen LogP contribution is -2.09. The quantitative estimate of drug-likeness (QED) is 0.784. The van der Waals surface area contributed by atoms with Crippen LogP contribution in [0.1, 0.15) is 20.9 Å². The van der Waals surface area contributed by atoms with Crippen LogP contribution in [-0.4, -0.2) is 20.7 Å². The number of hydrogen-bond acceptors (Lipinski definition) is 4. The summed E-state index contributed by atoms with van der Waals surface area (Å²) in [6, 6.07) is 5.01. The lowest BCUT2D eigenvalue weighted by atomic mass is 10.1. The zero-order chi connectivity index (χ0) is 17.3. The minimum atomic E-state index is -4.39. The molecule has 1 amide bonds. The van der Waals surface area contributed by atoms with E-state index in [1.54, 1.807) is 11.4 Å². The maximum Gasteiger partial charge on any atom is 0.416 e. The molecule has 0 spiro atoms. The molecule has 124 valence electrons. The molecule has 0 fully saturated rings. The van der Waals surface area contributed by atoms with Crippen molar-refractivity contribution in [3.05, 3.63) is 58.2 Å². The van der Waals surface area contributed by atoms with Gasteiger partial charge in [-0.25, -0.2) is 4.98 Å². The van der Waals surface area contributed by atoms with Gasteiger partial charge >= 0.3 is 6.18 Å². The Morgan fingerprint density at radius 2 is 2.12 bits per heavy atom. The monoisotopic (exact) mass is 352 g/mol. The Morgan fingerprint density at radius 1 is 1.33 bits per heavy atom. The molecule has 0 saturated heterocycles. The zero-order valence-electron chi connectivity index (χ0n) is 12.1. The predicted molar refractivity (Wildman–Crippen MR) is 82.4 cm³/mol. The van der Waals surface area contributed by atoms with E-state index in [0.717, 1.165) is 12.1 Å². The van der Waals surface area contributed by atoms with E-state index in [1.807, 2.05) is 0 Å². The van der Waals surface area contributed by atoms with E-state index in [2.05, 4.69) is 10.1 Å². The van der Waals surface area contributed by atoms with Gasteiger partial charge in [-0.3, -0.25) is 9.48 Å². The van der Waals surface area contributed by atoms with Gasteiger partial charge in [-0.2, -0.15) is 18.3 Å². The van der Waals surface area contributed by atoms with Crippen LogP contribution in [0.3, 0.4) is 0 Å². The number of alkyl halides is 3. The van der Waals surface area contributed by atoms with Crippen LogP contribution in [0.5, 0.6) is 0 Å². The zero-order valence-corrected chi connectivity index (χ0v) is 12.9. The number of benzene rings is 1. The van der Waals surface area contributed by atoms with Gasteiger partial charge in [0.2, 0.25) is 0 Å². The standard InChI is InChI=1S/C15H11F3N4OS/c16-15(17,18)11-3-1-2-9(4-11)12-8-24-13(21-12)7-22-6-10(5-20-22)14(19)23/h1-6,8H,7H2,(H2,19,23). The molecular weight excluding hydrogens is 341 g/mol. The minimum absolute atomic E-state index is 0.282. The van der Waals surface area contributed by atoms with Gasteiger partial charge in [0.15, 0.2) is 0 Å². The van der Waals surface area contributed by atoms with E-state index >= 15 is 0 Å². The summed E-state index contributed by atoms with van der Waals surface area (Å²) in [4.78, 5) is 15.4. The van der Waals surface area contributed by atoms with Gasteiger partial charge in [0, 0.05) is 17.1 Å². The van der Waals surface area contributed by atoms with Gasteiger partial charge in [-0.15, -0.1) is 11.3 Å². The van der Waals surface area contributed by atoms with Gasteiger partial charge < -0.3 is 5.73 Å². The number of nitrogens with zero attached hydrogens (tertiary/aromatic N) is 3. The van der Waals surface area contributed by atoms with Crippen molar-refractivity contribution in [3.8, 4) is 11.3 Å². The number of nitrogens with two attached hydrogens (primary N) is 1. The molecule has 0 radical (unpaired) electrons. The first-order valence-corrected chi connectivity index (χ1v) is 7.65. The minimum Gasteiger partial charge on any atom is -0.366 e. The Kier molecular flexibility index (Phi) is 4.10. The third-order valence-electron chi connectivity index (χ3n) is 3.25. The fourth-order valence-electron chi connectivity index (χ4n) is 2.09. The Hall–Kier alpha value is -2.68. The summed E-state index contributed by atoms with van der Waals surface area (Å²) in [5.74, 6) is -0.579. The van der Waals surface area contributed by atoms with Crippen LogP contribution < -0.4 is 5.73 Å². The first kappa shape index (κ1) is 16.2. The van der Waals surface area contributed by atoms with E-state index in [4.69, 9.17) is 5.73 Å². The van der Waals surface area contributed by atoms with Crippen LogP contribution in [0.2, 0.25) is 0 Å². The van der Waals surface area contributed by atoms with Crippen molar-refractivity contribution >= 4 is 17.2 Å². The maximum absolute atomic E-state index is 12.8. The summed E-state index contributed by atoms with van der Waals surface area (Å²) in [6.07, 6.45) is -1.55. The second kappa shape index (κ2) is 6.08. The molecule has 3 rings (SSSR count). The molecule has 24 heavy (non-hydrogen) atoms. The summed E-state index contributed by atoms with van der Waals surface area (Å²) in [7, 11) is 0. The molecule has 5 nitrogen and oxygen atoms in total. The van der Waals surface area contributed by atoms with E-state index in [0.29, 0.717) is 22.8 Å². The molecule has 0 aliphatic rings. The number of hydrogen-bond donors (Lipinski definition) is 1. The number of carbonyl (C=O) groups excluding carboxylic acids is 1. The van der Waals surface area contributed by atoms with Gasteiger partial charge in [0.05, 0.1) is 29.6 Å².